The minimum Gasteiger partial charge on any atom is -0.348 e. The lowest BCUT2D eigenvalue weighted by Crippen LogP contribution is -2.40. The summed E-state index contributed by atoms with van der Waals surface area (Å²) in [6, 6.07) is 8.19. The number of carbonyl (C=O) groups is 2. The Bertz CT molecular complexity index is 857. The molecule has 7 heteroatoms. The summed E-state index contributed by atoms with van der Waals surface area (Å²) in [6.45, 7) is 1.14. The minimum absolute atomic E-state index is 0.193. The van der Waals surface area contributed by atoms with Gasteiger partial charge in [0.2, 0.25) is 0 Å². The number of nitrogens with zero attached hydrogens (tertiary/aromatic N) is 3. The molecule has 4 rings (SSSR count). The highest BCUT2D eigenvalue weighted by Gasteiger charge is 2.29. The maximum atomic E-state index is 13.9. The van der Waals surface area contributed by atoms with Gasteiger partial charge in [-0.1, -0.05) is 37.5 Å². The molecule has 2 aromatic rings. The van der Waals surface area contributed by atoms with Crippen molar-refractivity contribution >= 4 is 11.8 Å². The topological polar surface area (TPSA) is 67.2 Å². The van der Waals surface area contributed by atoms with Gasteiger partial charge in [0, 0.05) is 30.8 Å². The van der Waals surface area contributed by atoms with Crippen molar-refractivity contribution in [3.8, 4) is 0 Å². The van der Waals surface area contributed by atoms with Crippen molar-refractivity contribution in [3.05, 3.63) is 53.1 Å². The van der Waals surface area contributed by atoms with Crippen LogP contribution in [0.3, 0.4) is 0 Å². The van der Waals surface area contributed by atoms with Gasteiger partial charge in [-0.2, -0.15) is 5.10 Å². The van der Waals surface area contributed by atoms with Gasteiger partial charge < -0.3 is 10.2 Å². The Morgan fingerprint density at radius 3 is 2.74 bits per heavy atom. The lowest BCUT2D eigenvalue weighted by Gasteiger charge is -2.27. The summed E-state index contributed by atoms with van der Waals surface area (Å²) in [6.07, 6.45) is 5.48. The maximum absolute atomic E-state index is 13.9. The van der Waals surface area contributed by atoms with Gasteiger partial charge in [0.25, 0.3) is 11.8 Å². The van der Waals surface area contributed by atoms with E-state index in [2.05, 4.69) is 10.4 Å². The van der Waals surface area contributed by atoms with Gasteiger partial charge in [-0.05, 0) is 18.9 Å². The van der Waals surface area contributed by atoms with Gasteiger partial charge in [0.1, 0.15) is 11.5 Å². The molecule has 1 aromatic heterocycles. The van der Waals surface area contributed by atoms with Gasteiger partial charge >= 0.3 is 0 Å². The predicted molar refractivity (Wildman–Crippen MR) is 97.7 cm³/mol. The van der Waals surface area contributed by atoms with Crippen LogP contribution in [0.5, 0.6) is 0 Å². The summed E-state index contributed by atoms with van der Waals surface area (Å²) in [7, 11) is 0. The first-order chi connectivity index (χ1) is 13.1. The van der Waals surface area contributed by atoms with Gasteiger partial charge in [-0.25, -0.2) is 4.39 Å². The van der Waals surface area contributed by atoms with Crippen LogP contribution in [0.1, 0.15) is 58.6 Å². The van der Waals surface area contributed by atoms with E-state index >= 15 is 0 Å². The SMILES string of the molecule is O=C(NC1CCCCC1)c1cc2n(n1)CCN(Cc1ccccc1F)C2=O. The monoisotopic (exact) mass is 370 g/mol. The molecule has 6 nitrogen and oxygen atoms in total. The van der Waals surface area contributed by atoms with Gasteiger partial charge in [-0.3, -0.25) is 14.3 Å². The smallest absolute Gasteiger partial charge is 0.272 e. The zero-order chi connectivity index (χ0) is 18.8. The van der Waals surface area contributed by atoms with Crippen LogP contribution < -0.4 is 5.32 Å². The lowest BCUT2D eigenvalue weighted by atomic mass is 9.95. The van der Waals surface area contributed by atoms with E-state index in [-0.39, 0.29) is 35.9 Å². The molecule has 2 amide bonds. The normalized spacial score (nSPS) is 17.7. The molecule has 142 valence electrons. The third kappa shape index (κ3) is 3.72. The number of carbonyl (C=O) groups excluding carboxylic acids is 2. The lowest BCUT2D eigenvalue weighted by molar-refractivity contribution is 0.0681. The van der Waals surface area contributed by atoms with Crippen molar-refractivity contribution in [3.63, 3.8) is 0 Å². The number of benzene rings is 1. The Morgan fingerprint density at radius 2 is 1.96 bits per heavy atom. The fourth-order valence-electron chi connectivity index (χ4n) is 3.84. The molecule has 0 spiro atoms. The zero-order valence-corrected chi connectivity index (χ0v) is 15.2. The van der Waals surface area contributed by atoms with Crippen LogP contribution in [0, 0.1) is 5.82 Å². The highest BCUT2D eigenvalue weighted by molar-refractivity contribution is 5.98. The summed E-state index contributed by atoms with van der Waals surface area (Å²) in [5.41, 5.74) is 1.14. The number of aromatic nitrogens is 2. The minimum atomic E-state index is -0.322. The van der Waals surface area contributed by atoms with Crippen molar-refractivity contribution < 1.29 is 14.0 Å². The molecular formula is C20H23FN4O2. The van der Waals surface area contributed by atoms with Gasteiger partial charge in [-0.15, -0.1) is 0 Å². The summed E-state index contributed by atoms with van der Waals surface area (Å²) in [4.78, 5) is 26.9. The Labute approximate surface area is 157 Å². The van der Waals surface area contributed by atoms with Crippen LogP contribution in [0.4, 0.5) is 4.39 Å². The fraction of sp³-hybridized carbons (Fsp3) is 0.450. The second-order valence-corrected chi connectivity index (χ2v) is 7.26. The molecule has 0 unspecified atom stereocenters. The number of fused-ring (bicyclic) bond motifs is 1. The Balaban J connectivity index is 1.46. The standard InChI is InChI=1S/C20H23FN4O2/c21-16-9-5-4-6-14(16)13-24-10-11-25-18(20(24)27)12-17(23-25)19(26)22-15-7-2-1-3-8-15/h4-6,9,12,15H,1-3,7-8,10-11,13H2,(H,22,26). The Kier molecular flexibility index (Phi) is 4.92. The third-order valence-electron chi connectivity index (χ3n) is 5.36. The van der Waals surface area contributed by atoms with Crippen molar-refractivity contribution in [1.82, 2.24) is 20.0 Å². The summed E-state index contributed by atoms with van der Waals surface area (Å²) in [5, 5.41) is 7.34. The molecule has 1 fully saturated rings. The maximum Gasteiger partial charge on any atom is 0.272 e. The average Bonchev–Trinajstić information content (AvgIpc) is 3.12. The predicted octanol–water partition coefficient (Wildman–Crippen LogP) is 2.74. The molecule has 0 radical (unpaired) electrons. The van der Waals surface area contributed by atoms with Gasteiger partial charge in [0.05, 0.1) is 6.54 Å². The van der Waals surface area contributed by atoms with E-state index in [4.69, 9.17) is 0 Å². The zero-order valence-electron chi connectivity index (χ0n) is 15.2. The van der Waals surface area contributed by atoms with Crippen LogP contribution >= 0.6 is 0 Å². The first kappa shape index (κ1) is 17.7. The van der Waals surface area contributed by atoms with Crippen molar-refractivity contribution in [2.24, 2.45) is 0 Å². The van der Waals surface area contributed by atoms with Crippen LogP contribution in [-0.4, -0.2) is 39.1 Å². The quantitative estimate of drug-likeness (QED) is 0.900. The molecule has 1 aliphatic heterocycles. The number of nitrogens with one attached hydrogen (secondary N) is 1. The van der Waals surface area contributed by atoms with Gasteiger partial charge in [0.15, 0.2) is 5.69 Å². The molecule has 2 aliphatic rings. The first-order valence-corrected chi connectivity index (χ1v) is 9.53. The second-order valence-electron chi connectivity index (χ2n) is 7.26. The number of hydrogen-bond acceptors (Lipinski definition) is 3. The first-order valence-electron chi connectivity index (χ1n) is 9.53. The number of halogens is 1. The van der Waals surface area contributed by atoms with Crippen LogP contribution in [-0.2, 0) is 13.1 Å². The molecular weight excluding hydrogens is 347 g/mol. The van der Waals surface area contributed by atoms with E-state index in [9.17, 15) is 14.0 Å². The molecule has 27 heavy (non-hydrogen) atoms. The number of hydrogen-bond donors (Lipinski definition) is 1. The molecule has 2 heterocycles. The summed E-state index contributed by atoms with van der Waals surface area (Å²) < 4.78 is 15.5. The van der Waals surface area contributed by atoms with Crippen LogP contribution in [0.2, 0.25) is 0 Å². The molecule has 1 N–H and O–H groups in total. The van der Waals surface area contributed by atoms with E-state index in [0.29, 0.717) is 24.3 Å². The molecule has 0 atom stereocenters. The van der Waals surface area contributed by atoms with E-state index in [0.717, 1.165) is 25.7 Å². The van der Waals surface area contributed by atoms with E-state index in [1.165, 1.54) is 12.5 Å². The molecule has 0 saturated heterocycles. The van der Waals surface area contributed by atoms with Crippen molar-refractivity contribution in [2.75, 3.05) is 6.54 Å². The number of rotatable bonds is 4. The average molecular weight is 370 g/mol. The van der Waals surface area contributed by atoms with Crippen molar-refractivity contribution in [1.29, 1.82) is 0 Å². The largest absolute Gasteiger partial charge is 0.348 e. The Hall–Kier alpha value is -2.70. The van der Waals surface area contributed by atoms with E-state index in [1.807, 2.05) is 0 Å². The van der Waals surface area contributed by atoms with Crippen LogP contribution in [0.15, 0.2) is 30.3 Å². The summed E-state index contributed by atoms with van der Waals surface area (Å²) in [5.74, 6) is -0.775. The third-order valence-corrected chi connectivity index (χ3v) is 5.36. The molecule has 1 aliphatic carbocycles. The summed E-state index contributed by atoms with van der Waals surface area (Å²) >= 11 is 0. The van der Waals surface area contributed by atoms with E-state index < -0.39 is 0 Å². The molecule has 1 aromatic carbocycles. The highest BCUT2D eigenvalue weighted by Crippen LogP contribution is 2.20. The van der Waals surface area contributed by atoms with Crippen LogP contribution in [0.25, 0.3) is 0 Å². The molecule has 0 bridgehead atoms. The van der Waals surface area contributed by atoms with E-state index in [1.54, 1.807) is 33.8 Å². The second kappa shape index (κ2) is 7.50. The van der Waals surface area contributed by atoms with Crippen molar-refractivity contribution in [2.45, 2.75) is 51.2 Å². The fourth-order valence-corrected chi connectivity index (χ4v) is 3.84. The Morgan fingerprint density at radius 1 is 1.19 bits per heavy atom. The highest BCUT2D eigenvalue weighted by atomic mass is 19.1. The molecule has 1 saturated carbocycles. The number of amides is 2.